The molecule has 0 fully saturated rings. The van der Waals surface area contributed by atoms with Gasteiger partial charge in [-0.1, -0.05) is 11.6 Å². The molecular formula is C10H9ClN2O2. The standard InChI is InChI=1S/C10H9ClN2O2/c1-15-9-3-2-7(11)6-8(9)13-5-4-12-10(13)14/h2-6H,1H3,(H,12,14). The molecule has 0 aliphatic carbocycles. The molecule has 0 radical (unpaired) electrons. The van der Waals surface area contributed by atoms with Crippen molar-refractivity contribution in [2.45, 2.75) is 0 Å². The van der Waals surface area contributed by atoms with Gasteiger partial charge >= 0.3 is 5.69 Å². The quantitative estimate of drug-likeness (QED) is 0.846. The maximum atomic E-state index is 11.4. The predicted octanol–water partition coefficient (Wildman–Crippen LogP) is 1.83. The summed E-state index contributed by atoms with van der Waals surface area (Å²) in [5, 5.41) is 0.555. The van der Waals surface area contributed by atoms with Crippen LogP contribution in [0.15, 0.2) is 35.4 Å². The summed E-state index contributed by atoms with van der Waals surface area (Å²) in [7, 11) is 1.55. The van der Waals surface area contributed by atoms with Crippen LogP contribution in [0.1, 0.15) is 0 Å². The Morgan fingerprint density at radius 1 is 1.47 bits per heavy atom. The van der Waals surface area contributed by atoms with Crippen molar-refractivity contribution in [2.24, 2.45) is 0 Å². The molecule has 2 aromatic rings. The molecule has 2 rings (SSSR count). The van der Waals surface area contributed by atoms with Gasteiger partial charge in [0.1, 0.15) is 5.75 Å². The molecule has 15 heavy (non-hydrogen) atoms. The Bertz CT molecular complexity index is 530. The van der Waals surface area contributed by atoms with E-state index in [0.29, 0.717) is 16.5 Å². The number of aromatic nitrogens is 2. The highest BCUT2D eigenvalue weighted by atomic mass is 35.5. The normalized spacial score (nSPS) is 10.3. The number of nitrogens with zero attached hydrogens (tertiary/aromatic N) is 1. The van der Waals surface area contributed by atoms with E-state index in [4.69, 9.17) is 16.3 Å². The van der Waals surface area contributed by atoms with E-state index in [2.05, 4.69) is 4.98 Å². The third kappa shape index (κ3) is 1.76. The van der Waals surface area contributed by atoms with E-state index < -0.39 is 0 Å². The van der Waals surface area contributed by atoms with E-state index in [9.17, 15) is 4.79 Å². The summed E-state index contributed by atoms with van der Waals surface area (Å²) in [5.74, 6) is 0.598. The van der Waals surface area contributed by atoms with Crippen LogP contribution in [0.4, 0.5) is 0 Å². The average Bonchev–Trinajstić information content (AvgIpc) is 2.64. The summed E-state index contributed by atoms with van der Waals surface area (Å²) >= 11 is 5.86. The first kappa shape index (κ1) is 9.86. The molecule has 0 unspecified atom stereocenters. The highest BCUT2D eigenvalue weighted by molar-refractivity contribution is 6.30. The zero-order valence-corrected chi connectivity index (χ0v) is 8.78. The van der Waals surface area contributed by atoms with E-state index in [-0.39, 0.29) is 5.69 Å². The minimum atomic E-state index is -0.226. The molecule has 78 valence electrons. The molecule has 1 aromatic heterocycles. The number of nitrogens with one attached hydrogen (secondary N) is 1. The third-order valence-corrected chi connectivity index (χ3v) is 2.28. The largest absolute Gasteiger partial charge is 0.495 e. The van der Waals surface area contributed by atoms with Crippen LogP contribution in [-0.2, 0) is 0 Å². The van der Waals surface area contributed by atoms with Crippen LogP contribution in [0, 0.1) is 0 Å². The van der Waals surface area contributed by atoms with Crippen LogP contribution in [0.3, 0.4) is 0 Å². The van der Waals surface area contributed by atoms with Crippen LogP contribution in [0.5, 0.6) is 5.75 Å². The molecule has 4 nitrogen and oxygen atoms in total. The zero-order chi connectivity index (χ0) is 10.8. The second kappa shape index (κ2) is 3.82. The van der Waals surface area contributed by atoms with E-state index in [1.807, 2.05) is 0 Å². The van der Waals surface area contributed by atoms with Gasteiger partial charge in [0, 0.05) is 17.4 Å². The van der Waals surface area contributed by atoms with E-state index >= 15 is 0 Å². The number of ether oxygens (including phenoxy) is 1. The van der Waals surface area contributed by atoms with E-state index in [0.717, 1.165) is 0 Å². The monoisotopic (exact) mass is 224 g/mol. The summed E-state index contributed by atoms with van der Waals surface area (Å²) in [5.41, 5.74) is 0.395. The molecule has 1 N–H and O–H groups in total. The molecule has 0 amide bonds. The maximum absolute atomic E-state index is 11.4. The van der Waals surface area contributed by atoms with Gasteiger partial charge in [0.15, 0.2) is 0 Å². The smallest absolute Gasteiger partial charge is 0.330 e. The molecule has 1 aromatic carbocycles. The molecule has 0 saturated heterocycles. The number of rotatable bonds is 2. The summed E-state index contributed by atoms with van der Waals surface area (Å²) in [6, 6.07) is 5.11. The average molecular weight is 225 g/mol. The van der Waals surface area contributed by atoms with Gasteiger partial charge in [0.2, 0.25) is 0 Å². The lowest BCUT2D eigenvalue weighted by Crippen LogP contribution is -2.14. The van der Waals surface area contributed by atoms with Crippen LogP contribution in [-0.4, -0.2) is 16.7 Å². The predicted molar refractivity (Wildman–Crippen MR) is 58.0 cm³/mol. The van der Waals surface area contributed by atoms with Crippen molar-refractivity contribution in [1.82, 2.24) is 9.55 Å². The summed E-state index contributed by atoms with van der Waals surface area (Å²) in [6.45, 7) is 0. The van der Waals surface area contributed by atoms with Crippen molar-refractivity contribution in [3.8, 4) is 11.4 Å². The number of H-pyrrole nitrogens is 1. The van der Waals surface area contributed by atoms with Gasteiger partial charge in [-0.25, -0.2) is 4.79 Å². The molecular weight excluding hydrogens is 216 g/mol. The number of methoxy groups -OCH3 is 1. The van der Waals surface area contributed by atoms with E-state index in [1.54, 1.807) is 37.7 Å². The van der Waals surface area contributed by atoms with Crippen molar-refractivity contribution in [3.63, 3.8) is 0 Å². The topological polar surface area (TPSA) is 47.0 Å². The van der Waals surface area contributed by atoms with Gasteiger partial charge in [-0.2, -0.15) is 0 Å². The Kier molecular flexibility index (Phi) is 2.51. The number of hydrogen-bond acceptors (Lipinski definition) is 2. The molecule has 0 aliphatic heterocycles. The number of halogens is 1. The molecule has 0 atom stereocenters. The lowest BCUT2D eigenvalue weighted by Gasteiger charge is -2.08. The minimum Gasteiger partial charge on any atom is -0.495 e. The van der Waals surface area contributed by atoms with Crippen LogP contribution < -0.4 is 10.4 Å². The Morgan fingerprint density at radius 3 is 2.87 bits per heavy atom. The van der Waals surface area contributed by atoms with Crippen LogP contribution in [0.25, 0.3) is 5.69 Å². The SMILES string of the molecule is COc1ccc(Cl)cc1-n1cc[nH]c1=O. The van der Waals surface area contributed by atoms with Crippen molar-refractivity contribution >= 4 is 11.6 Å². The van der Waals surface area contributed by atoms with Crippen molar-refractivity contribution in [1.29, 1.82) is 0 Å². The second-order valence-corrected chi connectivity index (χ2v) is 3.39. The summed E-state index contributed by atoms with van der Waals surface area (Å²) in [6.07, 6.45) is 3.18. The van der Waals surface area contributed by atoms with Gasteiger partial charge < -0.3 is 9.72 Å². The highest BCUT2D eigenvalue weighted by Crippen LogP contribution is 2.24. The van der Waals surface area contributed by atoms with E-state index in [1.165, 1.54) is 4.57 Å². The first-order chi connectivity index (χ1) is 7.22. The third-order valence-electron chi connectivity index (χ3n) is 2.05. The Hall–Kier alpha value is -1.68. The molecule has 5 heteroatoms. The Balaban J connectivity index is 2.66. The Labute approximate surface area is 91.1 Å². The number of imidazole rings is 1. The summed E-state index contributed by atoms with van der Waals surface area (Å²) in [4.78, 5) is 14.0. The fraction of sp³-hybridized carbons (Fsp3) is 0.100. The van der Waals surface area contributed by atoms with Gasteiger partial charge in [-0.05, 0) is 18.2 Å². The minimum absolute atomic E-state index is 0.226. The molecule has 1 heterocycles. The molecule has 0 saturated carbocycles. The van der Waals surface area contributed by atoms with Crippen LogP contribution in [0.2, 0.25) is 5.02 Å². The highest BCUT2D eigenvalue weighted by Gasteiger charge is 2.07. The fourth-order valence-electron chi connectivity index (χ4n) is 1.36. The first-order valence-electron chi connectivity index (χ1n) is 4.32. The second-order valence-electron chi connectivity index (χ2n) is 2.95. The number of aromatic amines is 1. The van der Waals surface area contributed by atoms with Gasteiger partial charge in [-0.15, -0.1) is 0 Å². The summed E-state index contributed by atoms with van der Waals surface area (Å²) < 4.78 is 6.58. The van der Waals surface area contributed by atoms with Gasteiger partial charge in [-0.3, -0.25) is 4.57 Å². The van der Waals surface area contributed by atoms with Gasteiger partial charge in [0.25, 0.3) is 0 Å². The lowest BCUT2D eigenvalue weighted by atomic mass is 10.3. The number of hydrogen-bond donors (Lipinski definition) is 1. The van der Waals surface area contributed by atoms with Crippen LogP contribution >= 0.6 is 11.6 Å². The Morgan fingerprint density at radius 2 is 2.27 bits per heavy atom. The molecule has 0 spiro atoms. The van der Waals surface area contributed by atoms with Crippen molar-refractivity contribution < 1.29 is 4.74 Å². The first-order valence-corrected chi connectivity index (χ1v) is 4.70. The fourth-order valence-corrected chi connectivity index (χ4v) is 1.53. The maximum Gasteiger partial charge on any atom is 0.330 e. The van der Waals surface area contributed by atoms with Crippen molar-refractivity contribution in [3.05, 3.63) is 46.1 Å². The lowest BCUT2D eigenvalue weighted by molar-refractivity contribution is 0.412. The number of benzene rings is 1. The zero-order valence-electron chi connectivity index (χ0n) is 8.03. The van der Waals surface area contributed by atoms with Gasteiger partial charge in [0.05, 0.1) is 12.8 Å². The van der Waals surface area contributed by atoms with Crippen molar-refractivity contribution in [2.75, 3.05) is 7.11 Å². The molecule has 0 aliphatic rings. The molecule has 0 bridgehead atoms.